The van der Waals surface area contributed by atoms with Crippen LogP contribution in [-0.4, -0.2) is 40.5 Å². The van der Waals surface area contributed by atoms with Crippen LogP contribution in [-0.2, 0) is 25.7 Å². The fourth-order valence-electron chi connectivity index (χ4n) is 4.57. The Balaban J connectivity index is 1.66. The average Bonchev–Trinajstić information content (AvgIpc) is 3.06. The number of carbonyl (C=O) groups excluding carboxylic acids is 5. The molecule has 2 aliphatic rings. The van der Waals surface area contributed by atoms with E-state index in [1.807, 2.05) is 6.07 Å². The predicted molar refractivity (Wildman–Crippen MR) is 116 cm³/mol. The quantitative estimate of drug-likeness (QED) is 0.348. The van der Waals surface area contributed by atoms with Crippen LogP contribution in [0.25, 0.3) is 0 Å². The molecule has 32 heavy (non-hydrogen) atoms. The molecule has 1 aromatic rings. The molecule has 0 radical (unpaired) electrons. The van der Waals surface area contributed by atoms with Gasteiger partial charge in [-0.3, -0.25) is 29.3 Å². The minimum atomic E-state index is -0.701. The summed E-state index contributed by atoms with van der Waals surface area (Å²) in [6, 6.07) is 4.55. The zero-order chi connectivity index (χ0) is 23.3. The second-order valence-electron chi connectivity index (χ2n) is 8.50. The van der Waals surface area contributed by atoms with Gasteiger partial charge < -0.3 is 16.4 Å². The smallest absolute Gasteiger partial charge is 0.255 e. The Labute approximate surface area is 186 Å². The Kier molecular flexibility index (Phi) is 7.61. The van der Waals surface area contributed by atoms with E-state index in [4.69, 9.17) is 11.5 Å². The second kappa shape index (κ2) is 10.4. The molecule has 0 spiro atoms. The molecule has 0 aromatic heterocycles. The molecule has 172 valence electrons. The maximum absolute atomic E-state index is 13.0. The molecular formula is C23H30N4O5. The van der Waals surface area contributed by atoms with E-state index in [1.165, 1.54) is 4.90 Å². The normalized spacial score (nSPS) is 18.9. The lowest BCUT2D eigenvalue weighted by atomic mass is 9.87. The summed E-state index contributed by atoms with van der Waals surface area (Å²) in [5.41, 5.74) is 12.8. The molecule has 1 saturated heterocycles. The van der Waals surface area contributed by atoms with Gasteiger partial charge in [0.2, 0.25) is 23.6 Å². The minimum Gasteiger partial charge on any atom is -0.370 e. The van der Waals surface area contributed by atoms with E-state index in [-0.39, 0.29) is 37.1 Å². The number of unbranched alkanes of at least 4 members (excludes halogenated alkanes) is 4. The van der Waals surface area contributed by atoms with E-state index < -0.39 is 23.8 Å². The first-order valence-corrected chi connectivity index (χ1v) is 11.1. The molecule has 2 atom stereocenters. The molecule has 5 N–H and O–H groups in total. The number of carbonyl (C=O) groups is 5. The molecule has 9 heteroatoms. The van der Waals surface area contributed by atoms with Crippen LogP contribution in [0.4, 0.5) is 0 Å². The summed E-state index contributed by atoms with van der Waals surface area (Å²) in [6.45, 7) is 0.216. The van der Waals surface area contributed by atoms with Crippen molar-refractivity contribution in [1.29, 1.82) is 0 Å². The first kappa shape index (κ1) is 23.4. The van der Waals surface area contributed by atoms with Crippen molar-refractivity contribution < 1.29 is 24.0 Å². The number of nitrogens with one attached hydrogen (secondary N) is 1. The van der Waals surface area contributed by atoms with Gasteiger partial charge in [0.05, 0.1) is 5.92 Å². The first-order chi connectivity index (χ1) is 15.3. The lowest BCUT2D eigenvalue weighted by Gasteiger charge is -2.29. The largest absolute Gasteiger partial charge is 0.370 e. The van der Waals surface area contributed by atoms with Gasteiger partial charge in [-0.2, -0.15) is 0 Å². The molecule has 3 rings (SSSR count). The predicted octanol–water partition coefficient (Wildman–Crippen LogP) is 1.23. The van der Waals surface area contributed by atoms with E-state index >= 15 is 0 Å². The number of fused-ring (bicyclic) bond motifs is 1. The monoisotopic (exact) mass is 442 g/mol. The van der Waals surface area contributed by atoms with Crippen molar-refractivity contribution in [2.24, 2.45) is 11.5 Å². The van der Waals surface area contributed by atoms with E-state index in [0.29, 0.717) is 18.4 Å². The second-order valence-corrected chi connectivity index (χ2v) is 8.50. The SMILES string of the molecule is NC(=O)CCCCCCCC(C(N)=O)c1cccc2c1CN(C1CCC(=O)NC1=O)C2=O. The maximum atomic E-state index is 13.0. The van der Waals surface area contributed by atoms with Crippen LogP contribution in [0.2, 0.25) is 0 Å². The van der Waals surface area contributed by atoms with Gasteiger partial charge >= 0.3 is 0 Å². The number of piperidine rings is 1. The Morgan fingerprint density at radius 2 is 1.78 bits per heavy atom. The zero-order valence-electron chi connectivity index (χ0n) is 18.1. The Morgan fingerprint density at radius 1 is 1.06 bits per heavy atom. The molecule has 0 saturated carbocycles. The number of amides is 5. The van der Waals surface area contributed by atoms with Gasteiger partial charge in [0, 0.05) is 24.9 Å². The fourth-order valence-corrected chi connectivity index (χ4v) is 4.57. The van der Waals surface area contributed by atoms with Gasteiger partial charge in [-0.1, -0.05) is 37.8 Å². The van der Waals surface area contributed by atoms with E-state index in [9.17, 15) is 24.0 Å². The number of hydrogen-bond donors (Lipinski definition) is 3. The summed E-state index contributed by atoms with van der Waals surface area (Å²) in [5.74, 6) is -2.33. The minimum absolute atomic E-state index is 0.187. The van der Waals surface area contributed by atoms with Crippen LogP contribution in [0.5, 0.6) is 0 Å². The Morgan fingerprint density at radius 3 is 2.47 bits per heavy atom. The molecule has 2 heterocycles. The third kappa shape index (κ3) is 5.33. The Hall–Kier alpha value is -3.23. The molecule has 2 unspecified atom stereocenters. The number of primary amides is 2. The van der Waals surface area contributed by atoms with Gasteiger partial charge in [-0.25, -0.2) is 0 Å². The van der Waals surface area contributed by atoms with Gasteiger partial charge in [0.15, 0.2) is 0 Å². The molecule has 0 bridgehead atoms. The van der Waals surface area contributed by atoms with Crippen molar-refractivity contribution in [3.8, 4) is 0 Å². The topological polar surface area (TPSA) is 153 Å². The fraction of sp³-hybridized carbons (Fsp3) is 0.522. The summed E-state index contributed by atoms with van der Waals surface area (Å²) in [7, 11) is 0. The van der Waals surface area contributed by atoms with Crippen LogP contribution >= 0.6 is 0 Å². The average molecular weight is 443 g/mol. The third-order valence-corrected chi connectivity index (χ3v) is 6.25. The van der Waals surface area contributed by atoms with Gasteiger partial charge in [-0.15, -0.1) is 0 Å². The zero-order valence-corrected chi connectivity index (χ0v) is 18.1. The molecular weight excluding hydrogens is 412 g/mol. The standard InChI is InChI=1S/C23H30N4O5/c24-19(28)10-5-3-1-2-4-7-15(21(25)30)14-8-6-9-16-17(14)13-27(23(16)32)18-11-12-20(29)26-22(18)31/h6,8-9,15,18H,1-5,7,10-13H2,(H2,24,28)(H2,25,30)(H,26,29,31). The molecule has 5 amide bonds. The molecule has 1 aromatic carbocycles. The lowest BCUT2D eigenvalue weighted by molar-refractivity contribution is -0.137. The molecule has 2 aliphatic heterocycles. The number of hydrogen-bond acceptors (Lipinski definition) is 5. The highest BCUT2D eigenvalue weighted by Crippen LogP contribution is 2.34. The molecule has 0 aliphatic carbocycles. The third-order valence-electron chi connectivity index (χ3n) is 6.25. The van der Waals surface area contributed by atoms with Gasteiger partial charge in [-0.05, 0) is 36.5 Å². The summed E-state index contributed by atoms with van der Waals surface area (Å²) >= 11 is 0. The van der Waals surface area contributed by atoms with Crippen molar-refractivity contribution in [3.63, 3.8) is 0 Å². The number of imide groups is 1. The van der Waals surface area contributed by atoms with Crippen molar-refractivity contribution in [2.45, 2.75) is 76.3 Å². The summed E-state index contributed by atoms with van der Waals surface area (Å²) < 4.78 is 0. The number of nitrogens with two attached hydrogens (primary N) is 2. The van der Waals surface area contributed by atoms with E-state index in [0.717, 1.165) is 43.2 Å². The highest BCUT2D eigenvalue weighted by Gasteiger charge is 2.40. The van der Waals surface area contributed by atoms with Crippen molar-refractivity contribution in [1.82, 2.24) is 10.2 Å². The van der Waals surface area contributed by atoms with Crippen LogP contribution in [0.3, 0.4) is 0 Å². The lowest BCUT2D eigenvalue weighted by Crippen LogP contribution is -2.52. The van der Waals surface area contributed by atoms with Crippen LogP contribution in [0.1, 0.15) is 85.2 Å². The van der Waals surface area contributed by atoms with Crippen molar-refractivity contribution in [2.75, 3.05) is 0 Å². The molecule has 9 nitrogen and oxygen atoms in total. The van der Waals surface area contributed by atoms with E-state index in [1.54, 1.807) is 12.1 Å². The van der Waals surface area contributed by atoms with Crippen LogP contribution < -0.4 is 16.8 Å². The Bertz CT molecular complexity index is 929. The van der Waals surface area contributed by atoms with Crippen molar-refractivity contribution >= 4 is 29.5 Å². The van der Waals surface area contributed by atoms with Crippen LogP contribution in [0, 0.1) is 0 Å². The summed E-state index contributed by atoms with van der Waals surface area (Å²) in [4.78, 5) is 61.3. The van der Waals surface area contributed by atoms with Crippen LogP contribution in [0.15, 0.2) is 18.2 Å². The molecule has 1 fully saturated rings. The van der Waals surface area contributed by atoms with Gasteiger partial charge in [0.1, 0.15) is 6.04 Å². The van der Waals surface area contributed by atoms with E-state index in [2.05, 4.69) is 5.32 Å². The van der Waals surface area contributed by atoms with Gasteiger partial charge in [0.25, 0.3) is 5.91 Å². The summed E-state index contributed by atoms with van der Waals surface area (Å²) in [6.07, 6.45) is 5.72. The first-order valence-electron chi connectivity index (χ1n) is 11.1. The highest BCUT2D eigenvalue weighted by molar-refractivity contribution is 6.05. The van der Waals surface area contributed by atoms with Crippen molar-refractivity contribution in [3.05, 3.63) is 34.9 Å². The highest BCUT2D eigenvalue weighted by atomic mass is 16.2. The number of benzene rings is 1. The summed E-state index contributed by atoms with van der Waals surface area (Å²) in [5, 5.41) is 2.29. The number of rotatable bonds is 11. The maximum Gasteiger partial charge on any atom is 0.255 e. The number of nitrogens with zero attached hydrogens (tertiary/aromatic N) is 1.